The molecule has 2 saturated heterocycles. The van der Waals surface area contributed by atoms with Crippen LogP contribution in [0.4, 0.5) is 11.4 Å². The van der Waals surface area contributed by atoms with Crippen LogP contribution in [0.25, 0.3) is 0 Å². The molecule has 6 aromatic rings. The van der Waals surface area contributed by atoms with Crippen LogP contribution in [0.2, 0.25) is 0 Å². The number of esters is 2. The number of aryl methyl sites for hydroxylation is 2. The number of nitrogens with one attached hydrogen (secondary N) is 1. The van der Waals surface area contributed by atoms with Gasteiger partial charge in [0.05, 0.1) is 38.5 Å². The van der Waals surface area contributed by atoms with Crippen LogP contribution in [0, 0.1) is 13.8 Å². The van der Waals surface area contributed by atoms with Gasteiger partial charge in [-0.2, -0.15) is 0 Å². The zero-order chi connectivity index (χ0) is 58.0. The summed E-state index contributed by atoms with van der Waals surface area (Å²) >= 11 is 5.28. The summed E-state index contributed by atoms with van der Waals surface area (Å²) in [6.45, 7) is 24.2. The third-order valence-corrected chi connectivity index (χ3v) is 15.6. The largest absolute Gasteiger partial charge is 0.492 e. The number of carbonyl (C=O) groups excluding carboxylic acids is 2. The number of benzene rings is 6. The summed E-state index contributed by atoms with van der Waals surface area (Å²) in [6.07, 6.45) is 2.14. The maximum atomic E-state index is 11.4. The lowest BCUT2D eigenvalue weighted by atomic mass is 9.87. The van der Waals surface area contributed by atoms with Crippen molar-refractivity contribution in [3.8, 4) is 11.5 Å². The van der Waals surface area contributed by atoms with E-state index in [1.54, 1.807) is 13.8 Å². The Kier molecular flexibility index (Phi) is 25.4. The minimum Gasteiger partial charge on any atom is -0.492 e. The molecule has 0 aliphatic carbocycles. The predicted molar refractivity (Wildman–Crippen MR) is 333 cm³/mol. The van der Waals surface area contributed by atoms with E-state index in [0.29, 0.717) is 38.9 Å². The van der Waals surface area contributed by atoms with E-state index in [-0.39, 0.29) is 37.2 Å². The normalized spacial score (nSPS) is 17.2. The summed E-state index contributed by atoms with van der Waals surface area (Å²) in [5, 5.41) is 3.40. The summed E-state index contributed by atoms with van der Waals surface area (Å²) < 4.78 is 31.9. The van der Waals surface area contributed by atoms with Crippen LogP contribution in [-0.4, -0.2) is 170 Å². The minimum absolute atomic E-state index is 0.000556. The molecule has 0 aromatic heterocycles. The summed E-state index contributed by atoms with van der Waals surface area (Å²) in [7, 11) is 0. The Bertz CT molecular complexity index is 2850. The lowest BCUT2D eigenvalue weighted by Crippen LogP contribution is -2.48. The molecule has 0 amide bonds. The fourth-order valence-corrected chi connectivity index (χ4v) is 11.3. The minimum atomic E-state index is -0.340. The van der Waals surface area contributed by atoms with Gasteiger partial charge in [0.15, 0.2) is 0 Å². The average molecular weight is 1150 g/mol. The number of hydrogen-bond donors (Lipinski definition) is 1. The van der Waals surface area contributed by atoms with Crippen molar-refractivity contribution in [3.63, 3.8) is 0 Å². The molecule has 0 radical (unpaired) electrons. The van der Waals surface area contributed by atoms with E-state index in [9.17, 15) is 9.59 Å². The molecular weight excluding hydrogens is 1060 g/mol. The monoisotopic (exact) mass is 1150 g/mol. The van der Waals surface area contributed by atoms with Gasteiger partial charge in [-0.05, 0) is 122 Å². The van der Waals surface area contributed by atoms with Crippen molar-refractivity contribution in [1.82, 2.24) is 20.0 Å². The Labute approximate surface area is 498 Å². The van der Waals surface area contributed by atoms with Crippen molar-refractivity contribution in [2.75, 3.05) is 154 Å². The van der Waals surface area contributed by atoms with Crippen LogP contribution in [-0.2, 0) is 41.4 Å². The first-order valence-electron chi connectivity index (χ1n) is 29.9. The number of carbonyl (C=O) groups is 2. The fraction of sp³-hybridized carbons (Fsp3) is 0.441. The molecule has 4 aliphatic heterocycles. The Morgan fingerprint density at radius 2 is 0.904 bits per heavy atom. The number of hydrogen-bond acceptors (Lipinski definition) is 14. The summed E-state index contributed by atoms with van der Waals surface area (Å²) in [6, 6.07) is 53.2. The number of para-hydroxylation sites is 2. The molecule has 14 nitrogen and oxygen atoms in total. The molecule has 1 N–H and O–H groups in total. The average Bonchev–Trinajstić information content (AvgIpc) is 3.12. The first kappa shape index (κ1) is 62.6. The van der Waals surface area contributed by atoms with Gasteiger partial charge in [0.25, 0.3) is 0 Å². The van der Waals surface area contributed by atoms with Crippen molar-refractivity contribution in [1.29, 1.82) is 0 Å². The van der Waals surface area contributed by atoms with E-state index in [1.165, 1.54) is 55.9 Å². The third-order valence-electron chi connectivity index (χ3n) is 15.5. The zero-order valence-corrected chi connectivity index (χ0v) is 50.1. The van der Waals surface area contributed by atoms with Gasteiger partial charge in [0.2, 0.25) is 0 Å². The summed E-state index contributed by atoms with van der Waals surface area (Å²) in [4.78, 5) is 34.3. The second-order valence-corrected chi connectivity index (χ2v) is 21.7. The smallest absolute Gasteiger partial charge is 0.332 e. The number of piperazine rings is 2. The Hall–Kier alpha value is -6.49. The SMILES string of the molecule is CCOC(=O)COCCCl.CCOC(=O)COCCN1CCN(CCOc2ccc(C3c4ccc(C)cc4CCN3c3ccccc3)cc2)CC1.Cc1ccc2c(c1)CCN(c1ccccc1)C2c1ccc(OCCN2CCNCC2)cc1. The number of ether oxygens (including phenoxy) is 6. The van der Waals surface area contributed by atoms with Crippen molar-refractivity contribution in [2.45, 2.75) is 52.6 Å². The fourth-order valence-electron chi connectivity index (χ4n) is 11.2. The van der Waals surface area contributed by atoms with Crippen LogP contribution < -0.4 is 24.6 Å². The quantitative estimate of drug-likeness (QED) is 0.0373. The molecule has 83 heavy (non-hydrogen) atoms. The van der Waals surface area contributed by atoms with Gasteiger partial charge in [-0.25, -0.2) is 9.59 Å². The number of anilines is 2. The van der Waals surface area contributed by atoms with Crippen LogP contribution in [0.5, 0.6) is 11.5 Å². The van der Waals surface area contributed by atoms with Crippen LogP contribution in [0.3, 0.4) is 0 Å². The first-order chi connectivity index (χ1) is 40.7. The van der Waals surface area contributed by atoms with E-state index < -0.39 is 0 Å². The van der Waals surface area contributed by atoms with E-state index in [4.69, 9.17) is 35.3 Å². The van der Waals surface area contributed by atoms with Gasteiger partial charge in [-0.3, -0.25) is 14.7 Å². The van der Waals surface area contributed by atoms with Crippen LogP contribution >= 0.6 is 11.6 Å². The molecule has 10 rings (SSSR count). The Balaban J connectivity index is 0.000000190. The lowest BCUT2D eigenvalue weighted by molar-refractivity contribution is -0.149. The summed E-state index contributed by atoms with van der Waals surface area (Å²) in [5.41, 5.74) is 13.5. The van der Waals surface area contributed by atoms with E-state index in [1.807, 2.05) is 0 Å². The maximum absolute atomic E-state index is 11.4. The number of fused-ring (bicyclic) bond motifs is 2. The maximum Gasteiger partial charge on any atom is 0.332 e. The summed E-state index contributed by atoms with van der Waals surface area (Å²) in [5.74, 6) is 1.63. The predicted octanol–water partition coefficient (Wildman–Crippen LogP) is 9.96. The van der Waals surface area contributed by atoms with E-state index >= 15 is 0 Å². The van der Waals surface area contributed by atoms with Gasteiger partial charge in [0.1, 0.15) is 37.9 Å². The number of halogens is 1. The second-order valence-electron chi connectivity index (χ2n) is 21.3. The van der Waals surface area contributed by atoms with Crippen molar-refractivity contribution >= 4 is 34.9 Å². The van der Waals surface area contributed by atoms with Gasteiger partial charge >= 0.3 is 11.9 Å². The zero-order valence-electron chi connectivity index (χ0n) is 49.4. The highest BCUT2D eigenvalue weighted by Gasteiger charge is 2.31. The van der Waals surface area contributed by atoms with Crippen molar-refractivity contribution in [2.24, 2.45) is 0 Å². The van der Waals surface area contributed by atoms with E-state index in [0.717, 1.165) is 116 Å². The highest BCUT2D eigenvalue weighted by atomic mass is 35.5. The lowest BCUT2D eigenvalue weighted by Gasteiger charge is -2.39. The molecule has 4 heterocycles. The topological polar surface area (TPSA) is 118 Å². The van der Waals surface area contributed by atoms with Gasteiger partial charge in [0, 0.05) is 102 Å². The van der Waals surface area contributed by atoms with Crippen LogP contribution in [0.15, 0.2) is 146 Å². The Morgan fingerprint density at radius 1 is 0.494 bits per heavy atom. The number of rotatable bonds is 23. The second kappa shape index (κ2) is 33.7. The first-order valence-corrected chi connectivity index (χ1v) is 30.4. The highest BCUT2D eigenvalue weighted by molar-refractivity contribution is 6.18. The molecule has 0 spiro atoms. The van der Waals surface area contributed by atoms with Crippen LogP contribution in [0.1, 0.15) is 70.4 Å². The molecule has 2 fully saturated rings. The van der Waals surface area contributed by atoms with E-state index in [2.05, 4.69) is 194 Å². The van der Waals surface area contributed by atoms with Crippen molar-refractivity contribution < 1.29 is 38.0 Å². The molecule has 2 atom stereocenters. The number of alkyl halides is 1. The van der Waals surface area contributed by atoms with Crippen molar-refractivity contribution in [3.05, 3.63) is 190 Å². The molecule has 2 unspecified atom stereocenters. The standard InChI is InChI=1S/C34H43N3O4.C28H33N3O.C6H11ClO3/c1-3-40-33(38)26-39-23-21-35-17-19-36(20-18-35)22-24-41-31-12-10-28(11-13-31)34-32-14-9-27(2)25-29(32)15-16-37(34)30-7-5-4-6-8-30;1-22-7-12-27-24(21-22)13-16-31(25-5-3-2-4-6-25)28(27)23-8-10-26(11-9-23)32-20-19-30-17-14-29-15-18-30;1-2-10-6(8)5-9-4-3-7/h4-14,25,34H,3,15-24,26H2,1-2H3;2-12,21,28-29H,13-20H2,1H3;2-5H2,1H3. The molecule has 15 heteroatoms. The number of nitrogens with zero attached hydrogens (tertiary/aromatic N) is 5. The van der Waals surface area contributed by atoms with Gasteiger partial charge < -0.3 is 43.5 Å². The van der Waals surface area contributed by atoms with Gasteiger partial charge in [-0.1, -0.05) is 108 Å². The Morgan fingerprint density at radius 3 is 1.33 bits per heavy atom. The highest BCUT2D eigenvalue weighted by Crippen LogP contribution is 2.41. The van der Waals surface area contributed by atoms with Gasteiger partial charge in [-0.15, -0.1) is 11.6 Å². The molecule has 6 aromatic carbocycles. The molecule has 444 valence electrons. The molecule has 0 saturated carbocycles. The third kappa shape index (κ3) is 19.3. The molecular formula is C68H87ClN6O8. The molecule has 4 aliphatic rings. The molecule has 0 bridgehead atoms.